The molecule has 7 nitrogen and oxygen atoms in total. The van der Waals surface area contributed by atoms with Gasteiger partial charge in [0.05, 0.1) is 39.9 Å². The van der Waals surface area contributed by atoms with Gasteiger partial charge in [0.1, 0.15) is 5.75 Å². The summed E-state index contributed by atoms with van der Waals surface area (Å²) in [4.78, 5) is 13.7. The number of hydrogen-bond donors (Lipinski definition) is 1. The quantitative estimate of drug-likeness (QED) is 0.579. The highest BCUT2D eigenvalue weighted by Crippen LogP contribution is 2.45. The van der Waals surface area contributed by atoms with Crippen LogP contribution in [0.15, 0.2) is 30.3 Å². The molecular formula is C24H30ClNO6. The molecule has 0 spiro atoms. The molecule has 1 unspecified atom stereocenters. The van der Waals surface area contributed by atoms with Crippen molar-refractivity contribution in [3.8, 4) is 23.0 Å². The summed E-state index contributed by atoms with van der Waals surface area (Å²) in [5.74, 6) is 1.26. The van der Waals surface area contributed by atoms with E-state index in [1.165, 1.54) is 0 Å². The first-order chi connectivity index (χ1) is 15.4. The molecular weight excluding hydrogens is 434 g/mol. The van der Waals surface area contributed by atoms with Gasteiger partial charge < -0.3 is 24.1 Å². The molecule has 3 rings (SSSR count). The molecule has 1 heterocycles. The Balaban J connectivity index is 2.14. The van der Waals surface area contributed by atoms with Crippen molar-refractivity contribution in [2.45, 2.75) is 25.8 Å². The van der Waals surface area contributed by atoms with Gasteiger partial charge in [0, 0.05) is 10.6 Å². The molecule has 0 radical (unpaired) electrons. The van der Waals surface area contributed by atoms with E-state index >= 15 is 0 Å². The number of ether oxygens (including phenoxy) is 4. The van der Waals surface area contributed by atoms with Crippen LogP contribution in [-0.2, 0) is 4.79 Å². The van der Waals surface area contributed by atoms with Crippen molar-refractivity contribution in [2.75, 3.05) is 41.0 Å². The van der Waals surface area contributed by atoms with E-state index < -0.39 is 5.97 Å². The maximum Gasteiger partial charge on any atom is 0.306 e. The smallest absolute Gasteiger partial charge is 0.306 e. The summed E-state index contributed by atoms with van der Waals surface area (Å²) in [5.41, 5.74) is 1.82. The van der Waals surface area contributed by atoms with E-state index in [4.69, 9.17) is 30.5 Å². The molecule has 1 aliphatic rings. The summed E-state index contributed by atoms with van der Waals surface area (Å²) in [6.45, 7) is 3.69. The normalized spacial score (nSPS) is 15.8. The largest absolute Gasteiger partial charge is 0.494 e. The highest BCUT2D eigenvalue weighted by atomic mass is 35.5. The van der Waals surface area contributed by atoms with Crippen LogP contribution in [0.2, 0.25) is 5.02 Å². The molecule has 0 amide bonds. The maximum absolute atomic E-state index is 11.5. The number of rotatable bonds is 9. The Hall–Kier alpha value is -2.64. The summed E-state index contributed by atoms with van der Waals surface area (Å²) in [5, 5.41) is 10.0. The molecule has 1 fully saturated rings. The number of benzene rings is 2. The summed E-state index contributed by atoms with van der Waals surface area (Å²) < 4.78 is 22.6. The summed E-state index contributed by atoms with van der Waals surface area (Å²) in [6.07, 6.45) is 1.14. The number of halogens is 1. The number of hydrogen-bond acceptors (Lipinski definition) is 6. The van der Waals surface area contributed by atoms with Crippen molar-refractivity contribution in [2.24, 2.45) is 5.92 Å². The van der Waals surface area contributed by atoms with Crippen LogP contribution in [0, 0.1) is 5.92 Å². The predicted molar refractivity (Wildman–Crippen MR) is 122 cm³/mol. The zero-order valence-electron chi connectivity index (χ0n) is 18.9. The first kappa shape index (κ1) is 24.0. The van der Waals surface area contributed by atoms with Crippen LogP contribution < -0.4 is 18.9 Å². The van der Waals surface area contributed by atoms with Gasteiger partial charge in [-0.3, -0.25) is 9.69 Å². The topological polar surface area (TPSA) is 77.5 Å². The lowest BCUT2D eigenvalue weighted by Crippen LogP contribution is -2.39. The number of carboxylic acid groups (broad SMARTS) is 1. The summed E-state index contributed by atoms with van der Waals surface area (Å²) in [6, 6.07) is 9.19. The number of carbonyl (C=O) groups is 1. The molecule has 0 aliphatic carbocycles. The standard InChI is InChI=1S/C24H30ClNO6/c1-5-32-19-7-6-17(25)14-18(19)22(26-10-8-15(9-11-26)24(27)28)16-12-20(29-2)23(31-4)21(13-16)30-3/h6-7,12-15,22H,5,8-11H2,1-4H3,(H,27,28). The lowest BCUT2D eigenvalue weighted by molar-refractivity contribution is -0.143. The maximum atomic E-state index is 11.5. The first-order valence-electron chi connectivity index (χ1n) is 10.6. The van der Waals surface area contributed by atoms with Gasteiger partial charge in [-0.1, -0.05) is 11.6 Å². The van der Waals surface area contributed by atoms with Crippen LogP contribution in [0.3, 0.4) is 0 Å². The van der Waals surface area contributed by atoms with Crippen molar-refractivity contribution < 1.29 is 28.8 Å². The Morgan fingerprint density at radius 3 is 2.19 bits per heavy atom. The minimum atomic E-state index is -0.744. The summed E-state index contributed by atoms with van der Waals surface area (Å²) >= 11 is 6.40. The number of aliphatic carboxylic acids is 1. The van der Waals surface area contributed by atoms with E-state index in [9.17, 15) is 9.90 Å². The van der Waals surface area contributed by atoms with Gasteiger partial charge in [0.25, 0.3) is 0 Å². The van der Waals surface area contributed by atoms with E-state index in [1.54, 1.807) is 27.4 Å². The van der Waals surface area contributed by atoms with Crippen molar-refractivity contribution in [1.82, 2.24) is 4.90 Å². The van der Waals surface area contributed by atoms with Crippen molar-refractivity contribution >= 4 is 17.6 Å². The van der Waals surface area contributed by atoms with Crippen LogP contribution in [-0.4, -0.2) is 57.0 Å². The molecule has 2 aromatic rings. The third kappa shape index (κ3) is 5.05. The van der Waals surface area contributed by atoms with Crippen molar-refractivity contribution in [3.63, 3.8) is 0 Å². The average Bonchev–Trinajstić information content (AvgIpc) is 2.80. The van der Waals surface area contributed by atoms with E-state index in [0.717, 1.165) is 16.9 Å². The predicted octanol–water partition coefficient (Wildman–Crippen LogP) is 4.65. The number of nitrogens with zero attached hydrogens (tertiary/aromatic N) is 1. The Kier molecular flexibility index (Phi) is 8.10. The minimum Gasteiger partial charge on any atom is -0.494 e. The second-order valence-corrected chi connectivity index (χ2v) is 8.06. The van der Waals surface area contributed by atoms with Gasteiger partial charge in [-0.2, -0.15) is 0 Å². The van der Waals surface area contributed by atoms with Gasteiger partial charge in [0.2, 0.25) is 5.75 Å². The molecule has 0 bridgehead atoms. The molecule has 8 heteroatoms. The van der Waals surface area contributed by atoms with Gasteiger partial charge >= 0.3 is 5.97 Å². The SMILES string of the molecule is CCOc1ccc(Cl)cc1C(c1cc(OC)c(OC)c(OC)c1)N1CCC(C(=O)O)CC1. The first-order valence-corrected chi connectivity index (χ1v) is 11.0. The molecule has 0 aromatic heterocycles. The highest BCUT2D eigenvalue weighted by Gasteiger charge is 2.33. The average molecular weight is 464 g/mol. The molecule has 1 aliphatic heterocycles. The monoisotopic (exact) mass is 463 g/mol. The number of likely N-dealkylation sites (tertiary alicyclic amines) is 1. The molecule has 174 valence electrons. The molecule has 1 saturated heterocycles. The lowest BCUT2D eigenvalue weighted by atomic mass is 9.90. The highest BCUT2D eigenvalue weighted by molar-refractivity contribution is 6.30. The molecule has 0 saturated carbocycles. The lowest BCUT2D eigenvalue weighted by Gasteiger charge is -2.38. The zero-order chi connectivity index (χ0) is 23.3. The molecule has 2 aromatic carbocycles. The van der Waals surface area contributed by atoms with Crippen LogP contribution in [0.4, 0.5) is 0 Å². The van der Waals surface area contributed by atoms with Crippen LogP contribution in [0.5, 0.6) is 23.0 Å². The second kappa shape index (κ2) is 10.8. The Labute approximate surface area is 193 Å². The van der Waals surface area contributed by atoms with E-state index in [2.05, 4.69) is 4.90 Å². The van der Waals surface area contributed by atoms with Crippen LogP contribution >= 0.6 is 11.6 Å². The van der Waals surface area contributed by atoms with Crippen molar-refractivity contribution in [1.29, 1.82) is 0 Å². The van der Waals surface area contributed by atoms with Crippen molar-refractivity contribution in [3.05, 3.63) is 46.5 Å². The fraction of sp³-hybridized carbons (Fsp3) is 0.458. The Bertz CT molecular complexity index is 917. The van der Waals surface area contributed by atoms with Gasteiger partial charge in [-0.15, -0.1) is 0 Å². The Morgan fingerprint density at radius 2 is 1.69 bits per heavy atom. The van der Waals surface area contributed by atoms with Crippen LogP contribution in [0.1, 0.15) is 36.9 Å². The van der Waals surface area contributed by atoms with E-state index in [1.807, 2.05) is 31.2 Å². The third-order valence-corrected chi connectivity index (χ3v) is 6.05. The summed E-state index contributed by atoms with van der Waals surface area (Å²) in [7, 11) is 4.73. The van der Waals surface area contributed by atoms with E-state index in [0.29, 0.717) is 54.8 Å². The Morgan fingerprint density at radius 1 is 1.06 bits per heavy atom. The van der Waals surface area contributed by atoms with Gasteiger partial charge in [-0.05, 0) is 68.8 Å². The fourth-order valence-electron chi connectivity index (χ4n) is 4.27. The number of methoxy groups -OCH3 is 3. The van der Waals surface area contributed by atoms with Crippen LogP contribution in [0.25, 0.3) is 0 Å². The molecule has 1 N–H and O–H groups in total. The number of piperidine rings is 1. The molecule has 1 atom stereocenters. The third-order valence-electron chi connectivity index (χ3n) is 5.81. The zero-order valence-corrected chi connectivity index (χ0v) is 19.6. The van der Waals surface area contributed by atoms with E-state index in [-0.39, 0.29) is 12.0 Å². The van der Waals surface area contributed by atoms with Gasteiger partial charge in [-0.25, -0.2) is 0 Å². The number of carboxylic acids is 1. The minimum absolute atomic E-state index is 0.237. The van der Waals surface area contributed by atoms with Gasteiger partial charge in [0.15, 0.2) is 11.5 Å². The second-order valence-electron chi connectivity index (χ2n) is 7.62. The fourth-order valence-corrected chi connectivity index (χ4v) is 4.45. The molecule has 32 heavy (non-hydrogen) atoms.